The van der Waals surface area contributed by atoms with Gasteiger partial charge in [0.15, 0.2) is 23.0 Å². The lowest BCUT2D eigenvalue weighted by Gasteiger charge is -2.46. The summed E-state index contributed by atoms with van der Waals surface area (Å²) >= 11 is 0. The standard InChI is InChI=1S/C29H42N2O6/c1-31(15-12-29(33)30-13-7-6-8-16-32)14-11-22-19-27(36-4)28(37-5)20-23(22)24(31)17-21-9-10-25(34-2)26(18-21)35-3/h9-10,18-20,24,32H,6-8,11-17H2,1-5H3/p+1. The Balaban J connectivity index is 1.87. The van der Waals surface area contributed by atoms with Gasteiger partial charge >= 0.3 is 0 Å². The maximum atomic E-state index is 12.7. The second kappa shape index (κ2) is 13.5. The van der Waals surface area contributed by atoms with E-state index < -0.39 is 0 Å². The Labute approximate surface area is 221 Å². The molecule has 0 saturated heterocycles. The number of unbranched alkanes of at least 4 members (excludes halogenated alkanes) is 2. The zero-order chi connectivity index (χ0) is 26.8. The fraction of sp³-hybridized carbons (Fsp3) is 0.552. The van der Waals surface area contributed by atoms with Gasteiger partial charge in [0.2, 0.25) is 5.91 Å². The Morgan fingerprint density at radius 1 is 0.946 bits per heavy atom. The Morgan fingerprint density at radius 3 is 2.30 bits per heavy atom. The molecule has 2 aromatic carbocycles. The predicted octanol–water partition coefficient (Wildman–Crippen LogP) is 3.68. The topological polar surface area (TPSA) is 86.3 Å². The summed E-state index contributed by atoms with van der Waals surface area (Å²) in [7, 11) is 8.86. The summed E-state index contributed by atoms with van der Waals surface area (Å²) < 4.78 is 23.0. The number of nitrogens with zero attached hydrogens (tertiary/aromatic N) is 1. The van der Waals surface area contributed by atoms with Crippen molar-refractivity contribution >= 4 is 5.91 Å². The van der Waals surface area contributed by atoms with Gasteiger partial charge in [-0.05, 0) is 54.7 Å². The minimum absolute atomic E-state index is 0.0753. The molecule has 8 heteroatoms. The van der Waals surface area contributed by atoms with Crippen LogP contribution in [0.3, 0.4) is 0 Å². The number of ether oxygens (including phenoxy) is 4. The molecule has 2 unspecified atom stereocenters. The van der Waals surface area contributed by atoms with Crippen LogP contribution in [0.5, 0.6) is 23.0 Å². The molecule has 0 radical (unpaired) electrons. The van der Waals surface area contributed by atoms with Gasteiger partial charge in [-0.3, -0.25) is 4.79 Å². The third-order valence-electron chi connectivity index (χ3n) is 7.53. The molecule has 1 aliphatic heterocycles. The third kappa shape index (κ3) is 7.08. The van der Waals surface area contributed by atoms with Crippen molar-refractivity contribution in [3.63, 3.8) is 0 Å². The average molecular weight is 516 g/mol. The molecule has 8 nitrogen and oxygen atoms in total. The number of amides is 1. The van der Waals surface area contributed by atoms with Crippen LogP contribution >= 0.6 is 0 Å². The van der Waals surface area contributed by atoms with E-state index in [2.05, 4.69) is 30.6 Å². The first-order valence-electron chi connectivity index (χ1n) is 13.1. The smallest absolute Gasteiger partial charge is 0.225 e. The number of hydrogen-bond donors (Lipinski definition) is 2. The number of methoxy groups -OCH3 is 4. The molecule has 2 atom stereocenters. The van der Waals surface area contributed by atoms with Crippen LogP contribution in [0.15, 0.2) is 30.3 Å². The molecule has 0 saturated carbocycles. The number of likely N-dealkylation sites (N-methyl/N-ethyl adjacent to an activating group) is 1. The Kier molecular flexibility index (Phi) is 10.5. The van der Waals surface area contributed by atoms with Crippen molar-refractivity contribution in [3.8, 4) is 23.0 Å². The molecule has 0 aromatic heterocycles. The molecular weight excluding hydrogens is 472 g/mol. The molecule has 0 aliphatic carbocycles. The number of aliphatic hydroxyl groups excluding tert-OH is 1. The largest absolute Gasteiger partial charge is 0.493 e. The molecule has 0 bridgehead atoms. The van der Waals surface area contributed by atoms with E-state index in [-0.39, 0.29) is 18.6 Å². The summed E-state index contributed by atoms with van der Waals surface area (Å²) in [5.74, 6) is 2.94. The fourth-order valence-electron chi connectivity index (χ4n) is 5.25. The van der Waals surface area contributed by atoms with Gasteiger partial charge in [0.05, 0.1) is 55.0 Å². The first-order chi connectivity index (χ1) is 17.9. The second-order valence-corrected chi connectivity index (χ2v) is 9.88. The normalized spacial score (nSPS) is 18.6. The number of quaternary nitrogens is 1. The van der Waals surface area contributed by atoms with Gasteiger partial charge in [0.1, 0.15) is 6.04 Å². The second-order valence-electron chi connectivity index (χ2n) is 9.88. The number of carbonyl (C=O) groups excluding carboxylic acids is 1. The van der Waals surface area contributed by atoms with Crippen LogP contribution < -0.4 is 24.3 Å². The molecule has 37 heavy (non-hydrogen) atoms. The predicted molar refractivity (Wildman–Crippen MR) is 144 cm³/mol. The number of fused-ring (bicyclic) bond motifs is 1. The van der Waals surface area contributed by atoms with Crippen molar-refractivity contribution in [1.29, 1.82) is 0 Å². The van der Waals surface area contributed by atoms with Gasteiger partial charge < -0.3 is 33.9 Å². The third-order valence-corrected chi connectivity index (χ3v) is 7.53. The maximum absolute atomic E-state index is 12.7. The lowest BCUT2D eigenvalue weighted by molar-refractivity contribution is -0.940. The summed E-state index contributed by atoms with van der Waals surface area (Å²) in [6.45, 7) is 2.50. The van der Waals surface area contributed by atoms with Gasteiger partial charge in [-0.25, -0.2) is 0 Å². The van der Waals surface area contributed by atoms with Crippen LogP contribution in [0.2, 0.25) is 0 Å². The summed E-state index contributed by atoms with van der Waals surface area (Å²) in [4.78, 5) is 12.7. The Bertz CT molecular complexity index is 1040. The number of carbonyl (C=O) groups is 1. The summed E-state index contributed by atoms with van der Waals surface area (Å²) in [6.07, 6.45) is 4.72. The first kappa shape index (κ1) is 28.6. The average Bonchev–Trinajstić information content (AvgIpc) is 2.92. The molecule has 1 aliphatic rings. The number of rotatable bonds is 14. The van der Waals surface area contributed by atoms with Crippen molar-refractivity contribution in [2.24, 2.45) is 0 Å². The fourth-order valence-corrected chi connectivity index (χ4v) is 5.25. The van der Waals surface area contributed by atoms with E-state index in [1.54, 1.807) is 28.4 Å². The molecule has 3 rings (SSSR count). The SMILES string of the molecule is COc1ccc(CC2c3cc(OC)c(OC)cc3CC[N+]2(C)CCC(=O)NCCCCCO)cc1OC. The van der Waals surface area contributed by atoms with Gasteiger partial charge in [-0.1, -0.05) is 6.07 Å². The van der Waals surface area contributed by atoms with E-state index in [0.29, 0.717) is 30.2 Å². The first-order valence-corrected chi connectivity index (χ1v) is 13.1. The van der Waals surface area contributed by atoms with Crippen molar-refractivity contribution < 1.29 is 33.3 Å². The number of hydrogen-bond acceptors (Lipinski definition) is 6. The van der Waals surface area contributed by atoms with Gasteiger partial charge in [-0.2, -0.15) is 0 Å². The highest BCUT2D eigenvalue weighted by Gasteiger charge is 2.40. The van der Waals surface area contributed by atoms with E-state index in [4.69, 9.17) is 24.1 Å². The van der Waals surface area contributed by atoms with E-state index >= 15 is 0 Å². The van der Waals surface area contributed by atoms with Crippen LogP contribution in [0.4, 0.5) is 0 Å². The molecule has 0 spiro atoms. The molecule has 204 valence electrons. The van der Waals surface area contributed by atoms with Crippen LogP contribution in [-0.4, -0.2) is 77.2 Å². The Morgan fingerprint density at radius 2 is 1.62 bits per heavy atom. The summed E-state index contributed by atoms with van der Waals surface area (Å²) in [6, 6.07) is 10.4. The molecule has 2 aromatic rings. The maximum Gasteiger partial charge on any atom is 0.225 e. The van der Waals surface area contributed by atoms with Gasteiger partial charge in [-0.15, -0.1) is 0 Å². The van der Waals surface area contributed by atoms with E-state index in [1.165, 1.54) is 11.1 Å². The monoisotopic (exact) mass is 515 g/mol. The quantitative estimate of drug-likeness (QED) is 0.295. The van der Waals surface area contributed by atoms with E-state index in [9.17, 15) is 4.79 Å². The van der Waals surface area contributed by atoms with Gasteiger partial charge in [0, 0.05) is 31.6 Å². The highest BCUT2D eigenvalue weighted by molar-refractivity contribution is 5.75. The molecule has 2 N–H and O–H groups in total. The lowest BCUT2D eigenvalue weighted by Crippen LogP contribution is -2.53. The van der Waals surface area contributed by atoms with Crippen LogP contribution in [0, 0.1) is 0 Å². The van der Waals surface area contributed by atoms with Crippen molar-refractivity contribution in [3.05, 3.63) is 47.0 Å². The zero-order valence-electron chi connectivity index (χ0n) is 23.0. The highest BCUT2D eigenvalue weighted by Crippen LogP contribution is 2.43. The Hall–Kier alpha value is -2.97. The molecule has 0 fully saturated rings. The minimum Gasteiger partial charge on any atom is -0.493 e. The van der Waals surface area contributed by atoms with Crippen molar-refractivity contribution in [2.45, 2.75) is 44.6 Å². The van der Waals surface area contributed by atoms with Crippen molar-refractivity contribution in [2.75, 3.05) is 61.7 Å². The number of nitrogens with one attached hydrogen (secondary N) is 1. The van der Waals surface area contributed by atoms with Crippen LogP contribution in [0.25, 0.3) is 0 Å². The molecular formula is C29H43N2O6+. The van der Waals surface area contributed by atoms with E-state index in [0.717, 1.165) is 61.0 Å². The molecule has 1 heterocycles. The summed E-state index contributed by atoms with van der Waals surface area (Å²) in [5, 5.41) is 12.0. The minimum atomic E-state index is 0.0753. The lowest BCUT2D eigenvalue weighted by atomic mass is 9.86. The van der Waals surface area contributed by atoms with Gasteiger partial charge in [0.25, 0.3) is 0 Å². The highest BCUT2D eigenvalue weighted by atomic mass is 16.5. The molecule has 1 amide bonds. The van der Waals surface area contributed by atoms with Crippen molar-refractivity contribution in [1.82, 2.24) is 5.32 Å². The summed E-state index contributed by atoms with van der Waals surface area (Å²) in [5.41, 5.74) is 3.63. The van der Waals surface area contributed by atoms with Crippen LogP contribution in [-0.2, 0) is 17.6 Å². The number of aliphatic hydroxyl groups is 1. The zero-order valence-corrected chi connectivity index (χ0v) is 23.0. The number of benzene rings is 2. The van der Waals surface area contributed by atoms with Crippen LogP contribution in [0.1, 0.15) is 48.4 Å². The van der Waals surface area contributed by atoms with E-state index in [1.807, 2.05) is 12.1 Å².